The molecule has 0 unspecified atom stereocenters. The van der Waals surface area contributed by atoms with Gasteiger partial charge < -0.3 is 14.5 Å². The van der Waals surface area contributed by atoms with E-state index in [9.17, 15) is 4.79 Å². The molecule has 7 heteroatoms. The fourth-order valence-corrected chi connectivity index (χ4v) is 2.78. The minimum atomic E-state index is -0.277. The second-order valence-corrected chi connectivity index (χ2v) is 5.48. The maximum Gasteiger partial charge on any atom is 0.259 e. The molecule has 0 saturated heterocycles. The first-order valence-electron chi connectivity index (χ1n) is 6.82. The van der Waals surface area contributed by atoms with Crippen LogP contribution in [0.5, 0.6) is 0 Å². The first-order chi connectivity index (χ1) is 10.5. The van der Waals surface area contributed by atoms with Crippen molar-refractivity contribution in [2.75, 3.05) is 19.7 Å². The molecule has 2 aromatic rings. The van der Waals surface area contributed by atoms with Crippen molar-refractivity contribution in [2.45, 2.75) is 13.8 Å². The number of likely N-dealkylation sites (N-methyl/N-ethyl adjacent to an activating group) is 1. The number of hydrogen-bond acceptors (Lipinski definition) is 4. The van der Waals surface area contributed by atoms with Crippen molar-refractivity contribution in [3.63, 3.8) is 0 Å². The average molecular weight is 343 g/mol. The molecule has 0 bridgehead atoms. The van der Waals surface area contributed by atoms with Crippen LogP contribution in [0.15, 0.2) is 22.7 Å². The number of hydrogen-bond donors (Lipinski definition) is 1. The minimum Gasteiger partial charge on any atom is -0.395 e. The Balaban J connectivity index is 2.55. The van der Waals surface area contributed by atoms with Crippen LogP contribution in [0.2, 0.25) is 10.0 Å². The van der Waals surface area contributed by atoms with Crippen LogP contribution in [0.4, 0.5) is 0 Å². The van der Waals surface area contributed by atoms with Gasteiger partial charge in [-0.05, 0) is 26.0 Å². The van der Waals surface area contributed by atoms with Crippen molar-refractivity contribution in [1.29, 1.82) is 0 Å². The summed E-state index contributed by atoms with van der Waals surface area (Å²) in [6, 6.07) is 5.06. The van der Waals surface area contributed by atoms with E-state index in [2.05, 4.69) is 5.16 Å². The van der Waals surface area contributed by atoms with Crippen molar-refractivity contribution in [1.82, 2.24) is 10.1 Å². The molecule has 1 amide bonds. The highest BCUT2D eigenvalue weighted by Gasteiger charge is 2.27. The van der Waals surface area contributed by atoms with Gasteiger partial charge in [0.15, 0.2) is 0 Å². The van der Waals surface area contributed by atoms with Gasteiger partial charge in [0.1, 0.15) is 17.0 Å². The number of amides is 1. The van der Waals surface area contributed by atoms with Crippen molar-refractivity contribution in [3.05, 3.63) is 39.6 Å². The Morgan fingerprint density at radius 3 is 2.55 bits per heavy atom. The van der Waals surface area contributed by atoms with Crippen LogP contribution < -0.4 is 0 Å². The highest BCUT2D eigenvalue weighted by molar-refractivity contribution is 6.39. The van der Waals surface area contributed by atoms with E-state index >= 15 is 0 Å². The van der Waals surface area contributed by atoms with Gasteiger partial charge in [0, 0.05) is 18.7 Å². The van der Waals surface area contributed by atoms with Crippen LogP contribution in [0.1, 0.15) is 23.0 Å². The van der Waals surface area contributed by atoms with Crippen LogP contribution in [-0.4, -0.2) is 40.8 Å². The Labute approximate surface area is 138 Å². The van der Waals surface area contributed by atoms with E-state index in [1.165, 1.54) is 4.90 Å². The molecule has 2 rings (SSSR count). The van der Waals surface area contributed by atoms with Gasteiger partial charge in [-0.2, -0.15) is 0 Å². The molecule has 1 heterocycles. The summed E-state index contributed by atoms with van der Waals surface area (Å²) in [5.74, 6) is 0.105. The standard InChI is InChI=1S/C15H16Cl2N2O3/c1-3-19(7-8-20)15(21)12-9(2)22-18-14(12)13-10(16)5-4-6-11(13)17/h4-6,20H,3,7-8H2,1-2H3. The van der Waals surface area contributed by atoms with Crippen molar-refractivity contribution < 1.29 is 14.4 Å². The van der Waals surface area contributed by atoms with E-state index in [1.54, 1.807) is 25.1 Å². The fourth-order valence-electron chi connectivity index (χ4n) is 2.20. The lowest BCUT2D eigenvalue weighted by Gasteiger charge is -2.19. The molecule has 0 radical (unpaired) electrons. The fraction of sp³-hybridized carbons (Fsp3) is 0.333. The van der Waals surface area contributed by atoms with Crippen molar-refractivity contribution in [3.8, 4) is 11.3 Å². The molecule has 1 N–H and O–H groups in total. The molecule has 0 aliphatic carbocycles. The van der Waals surface area contributed by atoms with E-state index in [4.69, 9.17) is 32.8 Å². The van der Waals surface area contributed by atoms with Gasteiger partial charge >= 0.3 is 0 Å². The number of aliphatic hydroxyl groups is 1. The van der Waals surface area contributed by atoms with E-state index in [0.29, 0.717) is 39.2 Å². The number of nitrogens with zero attached hydrogens (tertiary/aromatic N) is 2. The second-order valence-electron chi connectivity index (χ2n) is 4.67. The summed E-state index contributed by atoms with van der Waals surface area (Å²) in [7, 11) is 0. The van der Waals surface area contributed by atoms with Gasteiger partial charge in [0.05, 0.1) is 16.7 Å². The molecule has 0 spiro atoms. The Morgan fingerprint density at radius 2 is 2.00 bits per heavy atom. The quantitative estimate of drug-likeness (QED) is 0.903. The molecule has 1 aromatic heterocycles. The molecule has 0 atom stereocenters. The van der Waals surface area contributed by atoms with Crippen LogP contribution in [-0.2, 0) is 0 Å². The highest BCUT2D eigenvalue weighted by Crippen LogP contribution is 2.37. The molecule has 5 nitrogen and oxygen atoms in total. The molecule has 0 aliphatic heterocycles. The number of carbonyl (C=O) groups excluding carboxylic acids is 1. The molecule has 1 aromatic carbocycles. The minimum absolute atomic E-state index is 0.119. The predicted octanol–water partition coefficient (Wildman–Crippen LogP) is 3.41. The molecule has 0 saturated carbocycles. The molecule has 118 valence electrons. The molecule has 0 aliphatic rings. The highest BCUT2D eigenvalue weighted by atomic mass is 35.5. The Morgan fingerprint density at radius 1 is 1.36 bits per heavy atom. The third-order valence-corrected chi connectivity index (χ3v) is 3.94. The van der Waals surface area contributed by atoms with E-state index in [1.807, 2.05) is 6.92 Å². The van der Waals surface area contributed by atoms with E-state index in [-0.39, 0.29) is 19.1 Å². The monoisotopic (exact) mass is 342 g/mol. The van der Waals surface area contributed by atoms with E-state index < -0.39 is 0 Å². The topological polar surface area (TPSA) is 66.6 Å². The molecule has 0 fully saturated rings. The van der Waals surface area contributed by atoms with Gasteiger partial charge in [0.25, 0.3) is 5.91 Å². The molecular weight excluding hydrogens is 327 g/mol. The lowest BCUT2D eigenvalue weighted by molar-refractivity contribution is 0.0731. The normalized spacial score (nSPS) is 10.8. The van der Waals surface area contributed by atoms with Crippen LogP contribution >= 0.6 is 23.2 Å². The third kappa shape index (κ3) is 3.11. The largest absolute Gasteiger partial charge is 0.395 e. The summed E-state index contributed by atoms with van der Waals surface area (Å²) >= 11 is 12.4. The van der Waals surface area contributed by atoms with Crippen LogP contribution in [0.3, 0.4) is 0 Å². The average Bonchev–Trinajstić information content (AvgIpc) is 2.85. The lowest BCUT2D eigenvalue weighted by Crippen LogP contribution is -2.33. The number of benzene rings is 1. The zero-order valence-corrected chi connectivity index (χ0v) is 13.8. The predicted molar refractivity (Wildman–Crippen MR) is 85.4 cm³/mol. The number of aromatic nitrogens is 1. The van der Waals surface area contributed by atoms with Crippen molar-refractivity contribution >= 4 is 29.1 Å². The third-order valence-electron chi connectivity index (χ3n) is 3.32. The lowest BCUT2D eigenvalue weighted by atomic mass is 10.0. The first kappa shape index (κ1) is 16.8. The van der Waals surface area contributed by atoms with Crippen molar-refractivity contribution in [2.24, 2.45) is 0 Å². The number of carbonyl (C=O) groups is 1. The summed E-state index contributed by atoms with van der Waals surface area (Å²) in [4.78, 5) is 14.2. The number of rotatable bonds is 5. The van der Waals surface area contributed by atoms with Crippen LogP contribution in [0, 0.1) is 6.92 Å². The smallest absolute Gasteiger partial charge is 0.259 e. The van der Waals surface area contributed by atoms with E-state index in [0.717, 1.165) is 0 Å². The van der Waals surface area contributed by atoms with Gasteiger partial charge in [-0.1, -0.05) is 34.4 Å². The van der Waals surface area contributed by atoms with Gasteiger partial charge in [-0.25, -0.2) is 0 Å². The Bertz CT molecular complexity index is 665. The summed E-state index contributed by atoms with van der Waals surface area (Å²) in [5, 5.41) is 13.8. The zero-order chi connectivity index (χ0) is 16.3. The SMILES string of the molecule is CCN(CCO)C(=O)c1c(-c2c(Cl)cccc2Cl)noc1C. The number of aliphatic hydroxyl groups excluding tert-OH is 1. The van der Waals surface area contributed by atoms with Gasteiger partial charge in [-0.3, -0.25) is 4.79 Å². The van der Waals surface area contributed by atoms with Gasteiger partial charge in [0.2, 0.25) is 0 Å². The molecule has 22 heavy (non-hydrogen) atoms. The zero-order valence-electron chi connectivity index (χ0n) is 12.3. The molecular formula is C15H16Cl2N2O3. The maximum absolute atomic E-state index is 12.7. The Hall–Kier alpha value is -1.56. The first-order valence-corrected chi connectivity index (χ1v) is 7.57. The summed E-state index contributed by atoms with van der Waals surface area (Å²) in [6.45, 7) is 4.06. The summed E-state index contributed by atoms with van der Waals surface area (Å²) in [6.07, 6.45) is 0. The number of halogens is 2. The summed E-state index contributed by atoms with van der Waals surface area (Å²) < 4.78 is 5.18. The maximum atomic E-state index is 12.7. The Kier molecular flexibility index (Phi) is 5.45. The number of aryl methyl sites for hydroxylation is 1. The second kappa shape index (κ2) is 7.13. The van der Waals surface area contributed by atoms with Gasteiger partial charge in [-0.15, -0.1) is 0 Å². The summed E-state index contributed by atoms with van der Waals surface area (Å²) in [5.41, 5.74) is 1.09. The van der Waals surface area contributed by atoms with Crippen LogP contribution in [0.25, 0.3) is 11.3 Å².